The lowest BCUT2D eigenvalue weighted by Crippen LogP contribution is -2.55. The van der Waals surface area contributed by atoms with Crippen LogP contribution < -0.4 is 0 Å². The Kier molecular flexibility index (Phi) is 5.99. The standard InChI is InChI=1S/C20H31N3O3/c1-3-5-11-22-14-20(10-8-18(22)24)9-6-12-23(15-20)19(25)16-13-21-26-17(16)7-4-2/h13H,3-12,14-15H2,1-2H3/t20-/m0/s1. The molecule has 0 bridgehead atoms. The van der Waals surface area contributed by atoms with Gasteiger partial charge >= 0.3 is 0 Å². The van der Waals surface area contributed by atoms with Crippen LogP contribution in [0, 0.1) is 5.41 Å². The molecule has 1 spiro atoms. The van der Waals surface area contributed by atoms with Crippen molar-refractivity contribution < 1.29 is 14.1 Å². The Bertz CT molecular complexity index is 642. The Balaban J connectivity index is 1.71. The molecule has 1 atom stereocenters. The van der Waals surface area contributed by atoms with Crippen LogP contribution >= 0.6 is 0 Å². The summed E-state index contributed by atoms with van der Waals surface area (Å²) >= 11 is 0. The molecule has 2 amide bonds. The largest absolute Gasteiger partial charge is 0.361 e. The molecule has 1 aromatic rings. The number of hydrogen-bond donors (Lipinski definition) is 0. The number of nitrogens with zero attached hydrogens (tertiary/aromatic N) is 3. The van der Waals surface area contributed by atoms with E-state index in [0.717, 1.165) is 71.1 Å². The van der Waals surface area contributed by atoms with Crippen LogP contribution in [0.25, 0.3) is 0 Å². The number of hydrogen-bond acceptors (Lipinski definition) is 4. The minimum absolute atomic E-state index is 0.0331. The fraction of sp³-hybridized carbons (Fsp3) is 0.750. The van der Waals surface area contributed by atoms with Gasteiger partial charge in [0.1, 0.15) is 11.3 Å². The second kappa shape index (κ2) is 8.23. The van der Waals surface area contributed by atoms with Crippen LogP contribution in [0.4, 0.5) is 0 Å². The number of likely N-dealkylation sites (tertiary alicyclic amines) is 2. The van der Waals surface area contributed by atoms with Crippen LogP contribution in [0.1, 0.15) is 74.9 Å². The topological polar surface area (TPSA) is 66.7 Å². The summed E-state index contributed by atoms with van der Waals surface area (Å²) in [4.78, 5) is 29.3. The molecule has 1 aromatic heterocycles. The number of aromatic nitrogens is 1. The van der Waals surface area contributed by atoms with E-state index in [0.29, 0.717) is 17.7 Å². The summed E-state index contributed by atoms with van der Waals surface area (Å²) in [5.74, 6) is 1.00. The number of unbranched alkanes of at least 4 members (excludes halogenated alkanes) is 1. The highest BCUT2D eigenvalue weighted by atomic mass is 16.5. The van der Waals surface area contributed by atoms with Crippen molar-refractivity contribution in [1.29, 1.82) is 0 Å². The van der Waals surface area contributed by atoms with Gasteiger partial charge in [-0.1, -0.05) is 25.4 Å². The summed E-state index contributed by atoms with van der Waals surface area (Å²) in [5.41, 5.74) is 0.663. The molecular formula is C20H31N3O3. The van der Waals surface area contributed by atoms with Gasteiger partial charge in [-0.2, -0.15) is 0 Å². The van der Waals surface area contributed by atoms with E-state index in [1.165, 1.54) is 0 Å². The molecular weight excluding hydrogens is 330 g/mol. The first-order valence-electron chi connectivity index (χ1n) is 10.1. The lowest BCUT2D eigenvalue weighted by molar-refractivity contribution is -0.139. The first-order chi connectivity index (χ1) is 12.6. The van der Waals surface area contributed by atoms with Gasteiger partial charge in [0.25, 0.3) is 5.91 Å². The van der Waals surface area contributed by atoms with E-state index in [1.54, 1.807) is 6.20 Å². The molecule has 3 heterocycles. The number of carbonyl (C=O) groups excluding carboxylic acids is 2. The fourth-order valence-corrected chi connectivity index (χ4v) is 4.39. The van der Waals surface area contributed by atoms with Gasteiger partial charge in [0.05, 0.1) is 6.20 Å². The molecule has 0 saturated carbocycles. The first-order valence-corrected chi connectivity index (χ1v) is 10.1. The quantitative estimate of drug-likeness (QED) is 0.780. The van der Waals surface area contributed by atoms with Gasteiger partial charge in [0, 0.05) is 44.4 Å². The smallest absolute Gasteiger partial charge is 0.259 e. The summed E-state index contributed by atoms with van der Waals surface area (Å²) in [6.45, 7) is 7.37. The highest BCUT2D eigenvalue weighted by Crippen LogP contribution is 2.39. The lowest BCUT2D eigenvalue weighted by atomic mass is 9.73. The summed E-state index contributed by atoms with van der Waals surface area (Å²) in [7, 11) is 0. The fourth-order valence-electron chi connectivity index (χ4n) is 4.39. The second-order valence-corrected chi connectivity index (χ2v) is 7.91. The van der Waals surface area contributed by atoms with Gasteiger partial charge in [-0.05, 0) is 32.1 Å². The van der Waals surface area contributed by atoms with Crippen LogP contribution in [-0.4, -0.2) is 52.9 Å². The minimum atomic E-state index is 0.0331. The van der Waals surface area contributed by atoms with Crippen molar-refractivity contribution in [3.63, 3.8) is 0 Å². The summed E-state index contributed by atoms with van der Waals surface area (Å²) in [6.07, 6.45) is 8.96. The van der Waals surface area contributed by atoms with E-state index in [-0.39, 0.29) is 17.2 Å². The summed E-state index contributed by atoms with van der Waals surface area (Å²) in [6, 6.07) is 0. The zero-order valence-corrected chi connectivity index (χ0v) is 16.1. The molecule has 6 nitrogen and oxygen atoms in total. The molecule has 2 saturated heterocycles. The number of rotatable bonds is 6. The highest BCUT2D eigenvalue weighted by molar-refractivity contribution is 5.95. The third-order valence-electron chi connectivity index (χ3n) is 5.83. The molecule has 0 aliphatic carbocycles. The molecule has 3 rings (SSSR count). The van der Waals surface area contributed by atoms with Crippen LogP contribution in [0.3, 0.4) is 0 Å². The Morgan fingerprint density at radius 1 is 1.27 bits per heavy atom. The van der Waals surface area contributed by atoms with Crippen LogP contribution in [0.15, 0.2) is 10.7 Å². The lowest BCUT2D eigenvalue weighted by Gasteiger charge is -2.48. The zero-order chi connectivity index (χ0) is 18.6. The van der Waals surface area contributed by atoms with Crippen molar-refractivity contribution in [2.45, 2.75) is 65.2 Å². The molecule has 6 heteroatoms. The first kappa shape index (κ1) is 18.9. The molecule has 0 radical (unpaired) electrons. The molecule has 26 heavy (non-hydrogen) atoms. The van der Waals surface area contributed by atoms with Crippen LogP contribution in [0.2, 0.25) is 0 Å². The van der Waals surface area contributed by atoms with Gasteiger partial charge in [0.15, 0.2) is 0 Å². The summed E-state index contributed by atoms with van der Waals surface area (Å²) < 4.78 is 5.28. The van der Waals surface area contributed by atoms with Gasteiger partial charge < -0.3 is 14.3 Å². The van der Waals surface area contributed by atoms with Gasteiger partial charge in [-0.3, -0.25) is 9.59 Å². The maximum atomic E-state index is 13.0. The average Bonchev–Trinajstić information content (AvgIpc) is 3.11. The van der Waals surface area contributed by atoms with Crippen molar-refractivity contribution in [2.75, 3.05) is 26.2 Å². The van der Waals surface area contributed by atoms with Crippen LogP contribution in [0.5, 0.6) is 0 Å². The Labute approximate surface area is 155 Å². The van der Waals surface area contributed by atoms with E-state index in [2.05, 4.69) is 19.0 Å². The number of carbonyl (C=O) groups is 2. The third kappa shape index (κ3) is 3.94. The number of piperidine rings is 2. The van der Waals surface area contributed by atoms with E-state index < -0.39 is 0 Å². The highest BCUT2D eigenvalue weighted by Gasteiger charge is 2.43. The molecule has 2 fully saturated rings. The second-order valence-electron chi connectivity index (χ2n) is 7.91. The van der Waals surface area contributed by atoms with Gasteiger partial charge in [-0.15, -0.1) is 0 Å². The van der Waals surface area contributed by atoms with Gasteiger partial charge in [-0.25, -0.2) is 0 Å². The molecule has 2 aliphatic heterocycles. The molecule has 0 N–H and O–H groups in total. The maximum Gasteiger partial charge on any atom is 0.259 e. The molecule has 2 aliphatic rings. The van der Waals surface area contributed by atoms with E-state index >= 15 is 0 Å². The molecule has 0 unspecified atom stereocenters. The number of aryl methyl sites for hydroxylation is 1. The van der Waals surface area contributed by atoms with Crippen LogP contribution in [-0.2, 0) is 11.2 Å². The number of amides is 2. The monoisotopic (exact) mass is 361 g/mol. The molecule has 144 valence electrons. The Morgan fingerprint density at radius 3 is 2.88 bits per heavy atom. The van der Waals surface area contributed by atoms with Crippen molar-refractivity contribution in [1.82, 2.24) is 15.0 Å². The van der Waals surface area contributed by atoms with Crippen molar-refractivity contribution >= 4 is 11.8 Å². The average molecular weight is 361 g/mol. The Hall–Kier alpha value is -1.85. The van der Waals surface area contributed by atoms with E-state index in [1.807, 2.05) is 9.80 Å². The Morgan fingerprint density at radius 2 is 2.12 bits per heavy atom. The van der Waals surface area contributed by atoms with Crippen molar-refractivity contribution in [3.8, 4) is 0 Å². The maximum absolute atomic E-state index is 13.0. The van der Waals surface area contributed by atoms with Gasteiger partial charge in [0.2, 0.25) is 5.91 Å². The SMILES string of the molecule is CCCCN1C[C@]2(CCCN(C(=O)c3cnoc3CCC)C2)CCC1=O. The minimum Gasteiger partial charge on any atom is -0.361 e. The normalized spacial score (nSPS) is 23.7. The van der Waals surface area contributed by atoms with Crippen molar-refractivity contribution in [2.24, 2.45) is 5.41 Å². The predicted octanol–water partition coefficient (Wildman–Crippen LogP) is 3.27. The predicted molar refractivity (Wildman–Crippen MR) is 98.8 cm³/mol. The van der Waals surface area contributed by atoms with E-state index in [9.17, 15) is 9.59 Å². The third-order valence-corrected chi connectivity index (χ3v) is 5.83. The summed E-state index contributed by atoms with van der Waals surface area (Å²) in [5, 5.41) is 3.84. The molecule has 0 aromatic carbocycles. The van der Waals surface area contributed by atoms with Crippen molar-refractivity contribution in [3.05, 3.63) is 17.5 Å². The van der Waals surface area contributed by atoms with E-state index in [4.69, 9.17) is 4.52 Å². The zero-order valence-electron chi connectivity index (χ0n) is 16.1.